The van der Waals surface area contributed by atoms with Crippen LogP contribution in [0.2, 0.25) is 10.0 Å². The lowest BCUT2D eigenvalue weighted by atomic mass is 9.84. The fraction of sp³-hybridized carbons (Fsp3) is 0.385. The summed E-state index contributed by atoms with van der Waals surface area (Å²) in [4.78, 5) is 43.3. The minimum absolute atomic E-state index is 0.00595. The lowest BCUT2D eigenvalue weighted by Crippen LogP contribution is -2.43. The molecular formula is C26H24Cl2F3N3O4. The largest absolute Gasteiger partial charge is 0.481 e. The van der Waals surface area contributed by atoms with Gasteiger partial charge < -0.3 is 14.6 Å². The lowest BCUT2D eigenvalue weighted by Gasteiger charge is -2.36. The van der Waals surface area contributed by atoms with Crippen molar-refractivity contribution in [3.63, 3.8) is 0 Å². The number of aromatic nitrogens is 2. The zero-order chi connectivity index (χ0) is 28.1. The van der Waals surface area contributed by atoms with Crippen LogP contribution >= 0.6 is 23.2 Å². The molecule has 1 N–H and O–H groups in total. The number of amides is 1. The second-order valence-corrected chi connectivity index (χ2v) is 10.4. The van der Waals surface area contributed by atoms with E-state index in [4.69, 9.17) is 28.3 Å². The molecule has 38 heavy (non-hydrogen) atoms. The summed E-state index contributed by atoms with van der Waals surface area (Å²) in [7, 11) is 1.42. The average molecular weight is 570 g/mol. The highest BCUT2D eigenvalue weighted by atomic mass is 35.5. The third-order valence-corrected chi connectivity index (χ3v) is 7.79. The van der Waals surface area contributed by atoms with Gasteiger partial charge >= 0.3 is 12.1 Å². The summed E-state index contributed by atoms with van der Waals surface area (Å²) in [5.41, 5.74) is -0.903. The van der Waals surface area contributed by atoms with Gasteiger partial charge in [0, 0.05) is 31.9 Å². The first kappa shape index (κ1) is 27.9. The van der Waals surface area contributed by atoms with Gasteiger partial charge in [-0.15, -0.1) is 0 Å². The number of fused-ring (bicyclic) bond motifs is 1. The predicted octanol–water partition coefficient (Wildman–Crippen LogP) is 6.01. The SMILES string of the molecule is Cc1cc(C(F)(F)F)nc2c1cc(C(=O)c1c(Cl)ccc(C(=O)N3CC[C@@H](CC(=O)O)[C@@H](C)C3)c1Cl)n2C. The van der Waals surface area contributed by atoms with Crippen molar-refractivity contribution in [2.45, 2.75) is 32.9 Å². The molecule has 0 saturated carbocycles. The standard InChI is InChI=1S/C26H24Cl2F3N3O4/c1-12-8-19(26(29,30)31)32-24-16(12)10-18(33(24)3)23(37)21-17(27)5-4-15(22(21)28)25(38)34-7-6-14(9-20(35)36)13(2)11-34/h4-5,8,10,13-14H,6-7,9,11H2,1-3H3,(H,35,36)/t13-,14-/m0/s1. The molecular weight excluding hydrogens is 546 g/mol. The number of carbonyl (C=O) groups excluding carboxylic acids is 2. The molecule has 2 atom stereocenters. The molecule has 1 saturated heterocycles. The maximum absolute atomic E-state index is 13.6. The fourth-order valence-corrected chi connectivity index (χ4v) is 5.56. The molecule has 4 rings (SSSR count). The number of ketones is 1. The minimum Gasteiger partial charge on any atom is -0.481 e. The van der Waals surface area contributed by atoms with E-state index in [9.17, 15) is 27.6 Å². The highest BCUT2D eigenvalue weighted by Crippen LogP contribution is 2.35. The van der Waals surface area contributed by atoms with E-state index in [2.05, 4.69) is 4.98 Å². The molecule has 3 aromatic rings. The van der Waals surface area contributed by atoms with Gasteiger partial charge in [-0.2, -0.15) is 13.2 Å². The molecule has 0 unspecified atom stereocenters. The Bertz CT molecular complexity index is 1470. The van der Waals surface area contributed by atoms with E-state index in [1.807, 2.05) is 6.92 Å². The smallest absolute Gasteiger partial charge is 0.433 e. The number of halogens is 5. The summed E-state index contributed by atoms with van der Waals surface area (Å²) < 4.78 is 41.2. The Hall–Kier alpha value is -3.11. The molecule has 3 heterocycles. The number of carbonyl (C=O) groups is 3. The van der Waals surface area contributed by atoms with Crippen LogP contribution < -0.4 is 0 Å². The molecule has 2 aromatic heterocycles. The summed E-state index contributed by atoms with van der Waals surface area (Å²) in [6.45, 7) is 4.03. The van der Waals surface area contributed by atoms with Gasteiger partial charge in [0.25, 0.3) is 5.91 Å². The molecule has 0 spiro atoms. The Kier molecular flexibility index (Phi) is 7.51. The van der Waals surface area contributed by atoms with Crippen molar-refractivity contribution in [1.29, 1.82) is 0 Å². The number of carboxylic acids is 1. The van der Waals surface area contributed by atoms with Gasteiger partial charge in [0.05, 0.1) is 26.9 Å². The molecule has 1 fully saturated rings. The molecule has 12 heteroatoms. The third-order valence-electron chi connectivity index (χ3n) is 7.08. The van der Waals surface area contributed by atoms with E-state index in [0.29, 0.717) is 30.5 Å². The van der Waals surface area contributed by atoms with Crippen LogP contribution in [0.1, 0.15) is 57.4 Å². The van der Waals surface area contributed by atoms with E-state index in [-0.39, 0.29) is 50.8 Å². The van der Waals surface area contributed by atoms with Crippen LogP contribution in [-0.4, -0.2) is 50.3 Å². The normalized spacial score (nSPS) is 18.2. The van der Waals surface area contributed by atoms with Gasteiger partial charge in [-0.25, -0.2) is 4.98 Å². The molecule has 0 aliphatic carbocycles. The fourth-order valence-electron chi connectivity index (χ4n) is 4.94. The minimum atomic E-state index is -4.66. The zero-order valence-corrected chi connectivity index (χ0v) is 22.2. The number of aliphatic carboxylic acids is 1. The number of nitrogens with zero attached hydrogens (tertiary/aromatic N) is 3. The molecule has 1 amide bonds. The van der Waals surface area contributed by atoms with Crippen LogP contribution in [0.25, 0.3) is 11.0 Å². The Labute approximate surface area is 226 Å². The van der Waals surface area contributed by atoms with Gasteiger partial charge in [0.2, 0.25) is 5.78 Å². The van der Waals surface area contributed by atoms with Crippen LogP contribution in [0, 0.1) is 18.8 Å². The first-order chi connectivity index (χ1) is 17.7. The van der Waals surface area contributed by atoms with Crippen molar-refractivity contribution >= 4 is 51.9 Å². The van der Waals surface area contributed by atoms with Crippen LogP contribution in [-0.2, 0) is 18.0 Å². The summed E-state index contributed by atoms with van der Waals surface area (Å²) >= 11 is 12.9. The summed E-state index contributed by atoms with van der Waals surface area (Å²) in [5.74, 6) is -2.10. The zero-order valence-electron chi connectivity index (χ0n) is 20.7. The van der Waals surface area contributed by atoms with Crippen LogP contribution in [0.3, 0.4) is 0 Å². The van der Waals surface area contributed by atoms with Gasteiger partial charge in [-0.05, 0) is 55.0 Å². The number of piperidine rings is 1. The van der Waals surface area contributed by atoms with Crippen LogP contribution in [0.15, 0.2) is 24.3 Å². The van der Waals surface area contributed by atoms with Crippen molar-refractivity contribution in [2.24, 2.45) is 18.9 Å². The number of pyridine rings is 1. The number of benzene rings is 1. The predicted molar refractivity (Wildman–Crippen MR) is 136 cm³/mol. The molecule has 7 nitrogen and oxygen atoms in total. The summed E-state index contributed by atoms with van der Waals surface area (Å²) in [6, 6.07) is 5.13. The van der Waals surface area contributed by atoms with Crippen molar-refractivity contribution in [3.8, 4) is 0 Å². The summed E-state index contributed by atoms with van der Waals surface area (Å²) in [6.07, 6.45) is -4.12. The third kappa shape index (κ3) is 5.11. The molecule has 0 bridgehead atoms. The maximum atomic E-state index is 13.6. The Balaban J connectivity index is 1.69. The van der Waals surface area contributed by atoms with Gasteiger partial charge in [-0.1, -0.05) is 30.1 Å². The Morgan fingerprint density at radius 3 is 2.47 bits per heavy atom. The Morgan fingerprint density at radius 2 is 1.87 bits per heavy atom. The van der Waals surface area contributed by atoms with E-state index >= 15 is 0 Å². The van der Waals surface area contributed by atoms with Crippen molar-refractivity contribution in [1.82, 2.24) is 14.5 Å². The highest BCUT2D eigenvalue weighted by molar-refractivity contribution is 6.42. The highest BCUT2D eigenvalue weighted by Gasteiger charge is 2.35. The number of hydrogen-bond acceptors (Lipinski definition) is 4. The second kappa shape index (κ2) is 10.2. The van der Waals surface area contributed by atoms with Crippen molar-refractivity contribution < 1.29 is 32.7 Å². The van der Waals surface area contributed by atoms with E-state index < -0.39 is 29.5 Å². The maximum Gasteiger partial charge on any atom is 0.433 e. The molecule has 0 radical (unpaired) electrons. The first-order valence-corrected chi connectivity index (χ1v) is 12.5. The van der Waals surface area contributed by atoms with Gasteiger partial charge in [0.15, 0.2) is 0 Å². The molecule has 202 valence electrons. The van der Waals surface area contributed by atoms with Crippen LogP contribution in [0.5, 0.6) is 0 Å². The van der Waals surface area contributed by atoms with Crippen molar-refractivity contribution in [2.75, 3.05) is 13.1 Å². The van der Waals surface area contributed by atoms with E-state index in [1.165, 1.54) is 36.7 Å². The van der Waals surface area contributed by atoms with Gasteiger partial charge in [-0.3, -0.25) is 14.4 Å². The second-order valence-electron chi connectivity index (χ2n) is 9.64. The number of aryl methyl sites for hydroxylation is 2. The number of likely N-dealkylation sites (tertiary alicyclic amines) is 1. The topological polar surface area (TPSA) is 92.5 Å². The number of hydrogen-bond donors (Lipinski definition) is 1. The average Bonchev–Trinajstić information content (AvgIpc) is 3.16. The first-order valence-electron chi connectivity index (χ1n) is 11.8. The van der Waals surface area contributed by atoms with Crippen LogP contribution in [0.4, 0.5) is 13.2 Å². The molecule has 1 aromatic carbocycles. The monoisotopic (exact) mass is 569 g/mol. The van der Waals surface area contributed by atoms with Crippen molar-refractivity contribution in [3.05, 3.63) is 62.4 Å². The molecule has 1 aliphatic rings. The van der Waals surface area contributed by atoms with E-state index in [0.717, 1.165) is 6.07 Å². The summed E-state index contributed by atoms with van der Waals surface area (Å²) in [5, 5.41) is 9.28. The molecule has 1 aliphatic heterocycles. The quantitative estimate of drug-likeness (QED) is 0.380. The Morgan fingerprint density at radius 1 is 1.18 bits per heavy atom. The van der Waals surface area contributed by atoms with Gasteiger partial charge in [0.1, 0.15) is 11.3 Å². The number of alkyl halides is 3. The van der Waals surface area contributed by atoms with E-state index in [1.54, 1.807) is 4.90 Å². The number of rotatable bonds is 5. The lowest BCUT2D eigenvalue weighted by molar-refractivity contribution is -0.141. The number of carboxylic acid groups (broad SMARTS) is 1.